The van der Waals surface area contributed by atoms with Gasteiger partial charge in [-0.3, -0.25) is 14.4 Å². The first-order valence-electron chi connectivity index (χ1n) is 12.8. The number of benzene rings is 1. The minimum absolute atomic E-state index is 0.127. The second-order valence-electron chi connectivity index (χ2n) is 10.2. The molecule has 1 aromatic heterocycles. The second kappa shape index (κ2) is 11.0. The molecular formula is C28H37N3O3. The minimum Gasteiger partial charge on any atom is -0.352 e. The van der Waals surface area contributed by atoms with Crippen LogP contribution in [0.1, 0.15) is 84.6 Å². The molecule has 0 unspecified atom stereocenters. The third-order valence-electron chi connectivity index (χ3n) is 7.05. The maximum atomic E-state index is 13.6. The van der Waals surface area contributed by atoms with Gasteiger partial charge in [-0.2, -0.15) is 0 Å². The highest BCUT2D eigenvalue weighted by Crippen LogP contribution is 2.28. The van der Waals surface area contributed by atoms with Crippen molar-refractivity contribution in [3.8, 4) is 0 Å². The fourth-order valence-corrected chi connectivity index (χ4v) is 5.26. The molecule has 1 aromatic carbocycles. The smallest absolute Gasteiger partial charge is 0.259 e. The van der Waals surface area contributed by atoms with Crippen molar-refractivity contribution in [1.82, 2.24) is 14.4 Å². The zero-order valence-corrected chi connectivity index (χ0v) is 20.5. The first-order chi connectivity index (χ1) is 16.4. The van der Waals surface area contributed by atoms with Crippen molar-refractivity contribution in [3.05, 3.63) is 69.6 Å². The van der Waals surface area contributed by atoms with Gasteiger partial charge in [0.1, 0.15) is 11.1 Å². The van der Waals surface area contributed by atoms with Crippen LogP contribution in [-0.4, -0.2) is 52.4 Å². The standard InChI is InChI=1S/C28H37N3O3/c1-21(2)18-29-19-24(27(33)30-14-7-4-8-15-30)26(32)25(20-29)28(34)31-16-9-12-23(13-17-31)22-10-5-3-6-11-22/h3,5-6,10-11,19-21,23H,4,7-9,12-18H2,1-2H3/t23-/m0/s1. The number of piperidine rings is 1. The maximum absolute atomic E-state index is 13.6. The summed E-state index contributed by atoms with van der Waals surface area (Å²) in [6, 6.07) is 10.5. The number of carbonyl (C=O) groups is 2. The zero-order chi connectivity index (χ0) is 24.1. The summed E-state index contributed by atoms with van der Waals surface area (Å²) < 4.78 is 1.86. The molecule has 0 aliphatic carbocycles. The van der Waals surface area contributed by atoms with Gasteiger partial charge in [0, 0.05) is 45.1 Å². The SMILES string of the molecule is CC(C)Cn1cc(C(=O)N2CCCCC2)c(=O)c(C(=O)N2CCC[C@H](c3ccccc3)CC2)c1. The molecule has 6 heteroatoms. The first-order valence-corrected chi connectivity index (χ1v) is 12.8. The fourth-order valence-electron chi connectivity index (χ4n) is 5.26. The summed E-state index contributed by atoms with van der Waals surface area (Å²) in [6.45, 7) is 7.43. The number of hydrogen-bond acceptors (Lipinski definition) is 3. The Balaban J connectivity index is 1.59. The van der Waals surface area contributed by atoms with Crippen LogP contribution in [0.2, 0.25) is 0 Å². The quantitative estimate of drug-likeness (QED) is 0.654. The molecule has 0 saturated carbocycles. The van der Waals surface area contributed by atoms with Gasteiger partial charge in [-0.05, 0) is 55.9 Å². The van der Waals surface area contributed by atoms with Gasteiger partial charge in [-0.25, -0.2) is 0 Å². The lowest BCUT2D eigenvalue weighted by Gasteiger charge is -2.27. The summed E-state index contributed by atoms with van der Waals surface area (Å²) in [7, 11) is 0. The van der Waals surface area contributed by atoms with Crippen LogP contribution in [0, 0.1) is 5.92 Å². The van der Waals surface area contributed by atoms with Crippen molar-refractivity contribution >= 4 is 11.8 Å². The molecular weight excluding hydrogens is 426 g/mol. The Morgan fingerprint density at radius 3 is 2.03 bits per heavy atom. The number of likely N-dealkylation sites (tertiary alicyclic amines) is 2. The Morgan fingerprint density at radius 1 is 0.824 bits per heavy atom. The molecule has 0 N–H and O–H groups in total. The number of aromatic nitrogens is 1. The third kappa shape index (κ3) is 5.60. The van der Waals surface area contributed by atoms with Crippen molar-refractivity contribution in [2.24, 2.45) is 5.92 Å². The topological polar surface area (TPSA) is 62.6 Å². The number of rotatable bonds is 5. The molecule has 2 amide bonds. The van der Waals surface area contributed by atoms with E-state index >= 15 is 0 Å². The van der Waals surface area contributed by atoms with E-state index in [-0.39, 0.29) is 22.9 Å². The van der Waals surface area contributed by atoms with Crippen LogP contribution in [0.4, 0.5) is 0 Å². The van der Waals surface area contributed by atoms with E-state index in [0.29, 0.717) is 44.6 Å². The van der Waals surface area contributed by atoms with Gasteiger partial charge in [0.15, 0.2) is 0 Å². The van der Waals surface area contributed by atoms with Crippen LogP contribution in [0.5, 0.6) is 0 Å². The average molecular weight is 464 g/mol. The van der Waals surface area contributed by atoms with Crippen molar-refractivity contribution < 1.29 is 9.59 Å². The van der Waals surface area contributed by atoms with Crippen molar-refractivity contribution in [2.75, 3.05) is 26.2 Å². The normalized spacial score (nSPS) is 19.2. The maximum Gasteiger partial charge on any atom is 0.259 e. The van der Waals surface area contributed by atoms with Gasteiger partial charge in [-0.15, -0.1) is 0 Å². The molecule has 4 rings (SSSR count). The Bertz CT molecular complexity index is 1050. The van der Waals surface area contributed by atoms with Gasteiger partial charge < -0.3 is 14.4 Å². The van der Waals surface area contributed by atoms with E-state index in [0.717, 1.165) is 38.5 Å². The summed E-state index contributed by atoms with van der Waals surface area (Å²) in [5.41, 5.74) is 1.14. The summed E-state index contributed by atoms with van der Waals surface area (Å²) in [5.74, 6) is 0.262. The minimum atomic E-state index is -0.426. The van der Waals surface area contributed by atoms with Crippen molar-refractivity contribution in [1.29, 1.82) is 0 Å². The molecule has 0 radical (unpaired) electrons. The number of pyridine rings is 1. The van der Waals surface area contributed by atoms with E-state index in [9.17, 15) is 14.4 Å². The molecule has 2 saturated heterocycles. The molecule has 0 spiro atoms. The predicted octanol–water partition coefficient (Wildman–Crippen LogP) is 4.54. The van der Waals surface area contributed by atoms with Crippen molar-refractivity contribution in [3.63, 3.8) is 0 Å². The lowest BCUT2D eigenvalue weighted by molar-refractivity contribution is 0.0721. The van der Waals surface area contributed by atoms with Crippen LogP contribution in [0.25, 0.3) is 0 Å². The average Bonchev–Trinajstić information content (AvgIpc) is 3.11. The highest BCUT2D eigenvalue weighted by Gasteiger charge is 2.28. The van der Waals surface area contributed by atoms with Gasteiger partial charge in [0.05, 0.1) is 0 Å². The lowest BCUT2D eigenvalue weighted by Crippen LogP contribution is -2.41. The molecule has 0 bridgehead atoms. The predicted molar refractivity (Wildman–Crippen MR) is 134 cm³/mol. The molecule has 2 aromatic rings. The lowest BCUT2D eigenvalue weighted by atomic mass is 9.92. The number of carbonyl (C=O) groups excluding carboxylic acids is 2. The molecule has 3 heterocycles. The van der Waals surface area contributed by atoms with Crippen LogP contribution in [0.15, 0.2) is 47.5 Å². The molecule has 182 valence electrons. The van der Waals surface area contributed by atoms with Gasteiger partial charge in [0.2, 0.25) is 5.43 Å². The van der Waals surface area contributed by atoms with Crippen LogP contribution < -0.4 is 5.43 Å². The number of amides is 2. The molecule has 6 nitrogen and oxygen atoms in total. The molecule has 2 aliphatic heterocycles. The molecule has 1 atom stereocenters. The Labute approximate surface area is 202 Å². The van der Waals surface area contributed by atoms with Crippen LogP contribution in [-0.2, 0) is 6.54 Å². The van der Waals surface area contributed by atoms with E-state index in [1.165, 1.54) is 5.56 Å². The summed E-state index contributed by atoms with van der Waals surface area (Å²) in [6.07, 6.45) is 9.15. The van der Waals surface area contributed by atoms with Gasteiger partial charge >= 0.3 is 0 Å². The van der Waals surface area contributed by atoms with Gasteiger partial charge in [0.25, 0.3) is 11.8 Å². The largest absolute Gasteiger partial charge is 0.352 e. The molecule has 2 aliphatic rings. The zero-order valence-electron chi connectivity index (χ0n) is 20.5. The Hall–Kier alpha value is -2.89. The monoisotopic (exact) mass is 463 g/mol. The van der Waals surface area contributed by atoms with E-state index in [4.69, 9.17) is 0 Å². The highest BCUT2D eigenvalue weighted by atomic mass is 16.2. The number of nitrogens with zero attached hydrogens (tertiary/aromatic N) is 3. The Kier molecular flexibility index (Phi) is 7.86. The van der Waals surface area contributed by atoms with Crippen LogP contribution in [0.3, 0.4) is 0 Å². The summed E-state index contributed by atoms with van der Waals surface area (Å²) in [5, 5.41) is 0. The van der Waals surface area contributed by atoms with Crippen LogP contribution >= 0.6 is 0 Å². The van der Waals surface area contributed by atoms with Gasteiger partial charge in [-0.1, -0.05) is 44.2 Å². The van der Waals surface area contributed by atoms with E-state index < -0.39 is 5.43 Å². The first kappa shape index (κ1) is 24.2. The van der Waals surface area contributed by atoms with E-state index in [1.807, 2.05) is 15.5 Å². The van der Waals surface area contributed by atoms with Crippen molar-refractivity contribution in [2.45, 2.75) is 64.8 Å². The number of hydrogen-bond donors (Lipinski definition) is 0. The van der Waals surface area contributed by atoms with E-state index in [2.05, 4.69) is 38.1 Å². The summed E-state index contributed by atoms with van der Waals surface area (Å²) >= 11 is 0. The molecule has 2 fully saturated rings. The Morgan fingerprint density at radius 2 is 1.41 bits per heavy atom. The van der Waals surface area contributed by atoms with E-state index in [1.54, 1.807) is 17.3 Å². The molecule has 34 heavy (non-hydrogen) atoms. The highest BCUT2D eigenvalue weighted by molar-refractivity contribution is 5.99. The summed E-state index contributed by atoms with van der Waals surface area (Å²) in [4.78, 5) is 43.9. The fraction of sp³-hybridized carbons (Fsp3) is 0.536. The second-order valence-corrected chi connectivity index (χ2v) is 10.2. The third-order valence-corrected chi connectivity index (χ3v) is 7.05.